The molecule has 3 aromatic rings. The lowest BCUT2D eigenvalue weighted by Gasteiger charge is -2.29. The number of anilines is 2. The van der Waals surface area contributed by atoms with E-state index in [1.165, 1.54) is 6.92 Å². The maximum absolute atomic E-state index is 13.3. The second kappa shape index (κ2) is 10.4. The zero-order chi connectivity index (χ0) is 26.7. The Labute approximate surface area is 211 Å². The molecule has 0 atom stereocenters. The Hall–Kier alpha value is -4.17. The summed E-state index contributed by atoms with van der Waals surface area (Å²) in [7, 11) is 0. The van der Waals surface area contributed by atoms with Gasteiger partial charge in [0.15, 0.2) is 0 Å². The van der Waals surface area contributed by atoms with Crippen LogP contribution >= 0.6 is 0 Å². The Kier molecular flexibility index (Phi) is 7.31. The van der Waals surface area contributed by atoms with Gasteiger partial charge in [-0.1, -0.05) is 6.07 Å². The van der Waals surface area contributed by atoms with Crippen LogP contribution in [0.25, 0.3) is 11.1 Å². The summed E-state index contributed by atoms with van der Waals surface area (Å²) in [6, 6.07) is 9.58. The summed E-state index contributed by atoms with van der Waals surface area (Å²) in [4.78, 5) is 31.5. The number of hydrogen-bond donors (Lipinski definition) is 2. The van der Waals surface area contributed by atoms with Crippen molar-refractivity contribution in [3.8, 4) is 17.2 Å². The molecular formula is C26H25F3N6O2. The smallest absolute Gasteiger partial charge is 0.353 e. The van der Waals surface area contributed by atoms with Crippen molar-refractivity contribution in [1.82, 2.24) is 14.9 Å². The zero-order valence-electron chi connectivity index (χ0n) is 20.3. The second-order valence-electron chi connectivity index (χ2n) is 8.66. The number of nitrogens with zero attached hydrogens (tertiary/aromatic N) is 4. The number of carbonyl (C=O) groups is 1. The monoisotopic (exact) mass is 510 g/mol. The lowest BCUT2D eigenvalue weighted by molar-refractivity contribution is -0.139. The van der Waals surface area contributed by atoms with Gasteiger partial charge in [-0.15, -0.1) is 0 Å². The fraction of sp³-hybridized carbons (Fsp3) is 0.308. The topological polar surface area (TPSA) is 103 Å². The molecule has 11 heteroatoms. The number of piperazine rings is 1. The fourth-order valence-corrected chi connectivity index (χ4v) is 4.23. The molecule has 1 aromatic carbocycles. The maximum Gasteiger partial charge on any atom is 0.421 e. The minimum Gasteiger partial charge on any atom is -0.353 e. The minimum atomic E-state index is -4.89. The van der Waals surface area contributed by atoms with E-state index in [4.69, 9.17) is 0 Å². The van der Waals surface area contributed by atoms with E-state index in [1.54, 1.807) is 30.5 Å². The number of nitrogens with one attached hydrogen (secondary N) is 2. The summed E-state index contributed by atoms with van der Waals surface area (Å²) in [5.74, 6) is -0.172. The van der Waals surface area contributed by atoms with E-state index in [0.29, 0.717) is 34.3 Å². The lowest BCUT2D eigenvalue weighted by Crippen LogP contribution is -2.44. The van der Waals surface area contributed by atoms with Crippen molar-refractivity contribution in [3.63, 3.8) is 0 Å². The molecule has 0 unspecified atom stereocenters. The van der Waals surface area contributed by atoms with Crippen LogP contribution in [0.15, 0.2) is 47.5 Å². The third-order valence-corrected chi connectivity index (χ3v) is 6.20. The lowest BCUT2D eigenvalue weighted by atomic mass is 9.99. The first-order valence-electron chi connectivity index (χ1n) is 11.7. The number of amides is 1. The van der Waals surface area contributed by atoms with Crippen molar-refractivity contribution in [2.75, 3.05) is 36.4 Å². The number of halogens is 3. The molecule has 192 valence electrons. The quantitative estimate of drug-likeness (QED) is 0.542. The van der Waals surface area contributed by atoms with Crippen LogP contribution in [-0.4, -0.2) is 41.6 Å². The van der Waals surface area contributed by atoms with Crippen LogP contribution in [0.1, 0.15) is 34.0 Å². The number of hydrogen-bond acceptors (Lipinski definition) is 6. The van der Waals surface area contributed by atoms with Crippen LogP contribution < -0.4 is 21.1 Å². The van der Waals surface area contributed by atoms with Gasteiger partial charge < -0.3 is 20.1 Å². The molecule has 2 aromatic heterocycles. The Balaban J connectivity index is 1.65. The SMILES string of the molecule is CCn1cc(C(=O)Nc2ccc(C)c(-c3cnc(N4CCNCC4)c(C#N)c3)c2)cc(C(F)(F)F)c1=O. The molecule has 1 fully saturated rings. The first-order valence-corrected chi connectivity index (χ1v) is 11.7. The van der Waals surface area contributed by atoms with Crippen LogP contribution in [0.5, 0.6) is 0 Å². The van der Waals surface area contributed by atoms with Gasteiger partial charge in [0.25, 0.3) is 11.5 Å². The average Bonchev–Trinajstić information content (AvgIpc) is 2.89. The predicted octanol–water partition coefficient (Wildman–Crippen LogP) is 3.79. The van der Waals surface area contributed by atoms with Crippen LogP contribution in [0.4, 0.5) is 24.7 Å². The van der Waals surface area contributed by atoms with Gasteiger partial charge in [-0.3, -0.25) is 9.59 Å². The number of aromatic nitrogens is 2. The van der Waals surface area contributed by atoms with E-state index < -0.39 is 23.2 Å². The number of pyridine rings is 2. The second-order valence-corrected chi connectivity index (χ2v) is 8.66. The van der Waals surface area contributed by atoms with E-state index in [-0.39, 0.29) is 12.1 Å². The predicted molar refractivity (Wildman–Crippen MR) is 134 cm³/mol. The van der Waals surface area contributed by atoms with Crippen molar-refractivity contribution in [1.29, 1.82) is 5.26 Å². The standard InChI is InChI=1S/C26H25F3N6O2/c1-3-34-15-19(11-22(25(34)37)26(27,28)29)24(36)33-20-5-4-16(2)21(12-20)18-10-17(13-30)23(32-14-18)35-8-6-31-7-9-35/h4-5,10-12,14-15,31H,3,6-9H2,1-2H3,(H,33,36). The molecule has 0 bridgehead atoms. The third kappa shape index (κ3) is 5.49. The molecule has 8 nitrogen and oxygen atoms in total. The van der Waals surface area contributed by atoms with Gasteiger partial charge in [0, 0.05) is 56.4 Å². The molecule has 2 N–H and O–H groups in total. The van der Waals surface area contributed by atoms with Crippen molar-refractivity contribution < 1.29 is 18.0 Å². The highest BCUT2D eigenvalue weighted by molar-refractivity contribution is 6.04. The van der Waals surface area contributed by atoms with Crippen LogP contribution in [0.2, 0.25) is 0 Å². The van der Waals surface area contributed by atoms with Crippen molar-refractivity contribution in [2.45, 2.75) is 26.6 Å². The first kappa shape index (κ1) is 25.9. The average molecular weight is 511 g/mol. The maximum atomic E-state index is 13.3. The van der Waals surface area contributed by atoms with E-state index in [1.807, 2.05) is 11.8 Å². The summed E-state index contributed by atoms with van der Waals surface area (Å²) in [5.41, 5.74) is 0.127. The number of nitriles is 1. The van der Waals surface area contributed by atoms with Crippen molar-refractivity contribution >= 4 is 17.4 Å². The molecule has 4 rings (SSSR count). The first-order chi connectivity index (χ1) is 17.6. The molecular weight excluding hydrogens is 485 g/mol. The molecule has 0 spiro atoms. The third-order valence-electron chi connectivity index (χ3n) is 6.20. The van der Waals surface area contributed by atoms with E-state index in [2.05, 4.69) is 21.7 Å². The number of rotatable bonds is 5. The molecule has 37 heavy (non-hydrogen) atoms. The van der Waals surface area contributed by atoms with Gasteiger partial charge in [0.05, 0.1) is 11.1 Å². The number of carbonyl (C=O) groups excluding carboxylic acids is 1. The molecule has 1 saturated heterocycles. The van der Waals surface area contributed by atoms with Gasteiger partial charge in [-0.25, -0.2) is 4.98 Å². The Morgan fingerprint density at radius 2 is 1.95 bits per heavy atom. The molecule has 1 aliphatic rings. The number of benzene rings is 1. The van der Waals surface area contributed by atoms with Gasteiger partial charge >= 0.3 is 6.18 Å². The van der Waals surface area contributed by atoms with Crippen LogP contribution in [0, 0.1) is 18.3 Å². The van der Waals surface area contributed by atoms with E-state index in [9.17, 15) is 28.0 Å². The summed E-state index contributed by atoms with van der Waals surface area (Å²) in [6.45, 7) is 6.45. The van der Waals surface area contributed by atoms with Gasteiger partial charge in [-0.2, -0.15) is 18.4 Å². The number of alkyl halides is 3. The Morgan fingerprint density at radius 3 is 2.59 bits per heavy atom. The summed E-state index contributed by atoms with van der Waals surface area (Å²) >= 11 is 0. The fourth-order valence-electron chi connectivity index (χ4n) is 4.23. The van der Waals surface area contributed by atoms with Crippen molar-refractivity contribution in [3.05, 3.63) is 75.3 Å². The normalized spacial score (nSPS) is 13.8. The summed E-state index contributed by atoms with van der Waals surface area (Å²) in [5, 5.41) is 15.6. The highest BCUT2D eigenvalue weighted by Gasteiger charge is 2.35. The molecule has 0 saturated carbocycles. The van der Waals surface area contributed by atoms with Crippen LogP contribution in [0.3, 0.4) is 0 Å². The van der Waals surface area contributed by atoms with Gasteiger partial charge in [0.2, 0.25) is 0 Å². The molecule has 1 aliphatic heterocycles. The van der Waals surface area contributed by atoms with Crippen molar-refractivity contribution in [2.24, 2.45) is 0 Å². The van der Waals surface area contributed by atoms with E-state index in [0.717, 1.165) is 42.5 Å². The largest absolute Gasteiger partial charge is 0.421 e. The highest BCUT2D eigenvalue weighted by Crippen LogP contribution is 2.30. The van der Waals surface area contributed by atoms with Gasteiger partial charge in [-0.05, 0) is 49.2 Å². The van der Waals surface area contributed by atoms with E-state index >= 15 is 0 Å². The highest BCUT2D eigenvalue weighted by atomic mass is 19.4. The molecule has 0 aliphatic carbocycles. The Bertz CT molecular complexity index is 1440. The van der Waals surface area contributed by atoms with Crippen LogP contribution in [-0.2, 0) is 12.7 Å². The summed E-state index contributed by atoms with van der Waals surface area (Å²) < 4.78 is 40.9. The summed E-state index contributed by atoms with van der Waals surface area (Å²) in [6.07, 6.45) is -2.11. The zero-order valence-corrected chi connectivity index (χ0v) is 20.3. The Morgan fingerprint density at radius 1 is 1.22 bits per heavy atom. The number of aryl methyl sites for hydroxylation is 2. The van der Waals surface area contributed by atoms with Gasteiger partial charge in [0.1, 0.15) is 17.5 Å². The minimum absolute atomic E-state index is 0.0180. The molecule has 3 heterocycles. The molecule has 0 radical (unpaired) electrons. The molecule has 1 amide bonds.